The Morgan fingerprint density at radius 3 is 2.85 bits per heavy atom. The summed E-state index contributed by atoms with van der Waals surface area (Å²) in [7, 11) is 0. The zero-order valence-electron chi connectivity index (χ0n) is 11.7. The van der Waals surface area contributed by atoms with Crippen molar-refractivity contribution in [3.05, 3.63) is 23.2 Å². The molecule has 1 N–H and O–H groups in total. The van der Waals surface area contributed by atoms with Crippen molar-refractivity contribution in [1.29, 1.82) is 0 Å². The molecule has 6 heteroatoms. The summed E-state index contributed by atoms with van der Waals surface area (Å²) in [5.74, 6) is -0.00285. The minimum absolute atomic E-state index is 0.0961. The molecule has 1 aliphatic rings. The van der Waals surface area contributed by atoms with Crippen LogP contribution in [0, 0.1) is 6.92 Å². The van der Waals surface area contributed by atoms with Gasteiger partial charge in [-0.1, -0.05) is 6.92 Å². The van der Waals surface area contributed by atoms with Gasteiger partial charge in [0, 0.05) is 19.5 Å². The number of morpholine rings is 1. The maximum absolute atomic E-state index is 12.3. The van der Waals surface area contributed by atoms with Crippen molar-refractivity contribution in [2.75, 3.05) is 19.7 Å². The molecule has 0 saturated carbocycles. The highest BCUT2D eigenvalue weighted by atomic mass is 16.5. The summed E-state index contributed by atoms with van der Waals surface area (Å²) in [5.41, 5.74) is 0.964. The Balaban J connectivity index is 2.06. The van der Waals surface area contributed by atoms with Crippen LogP contribution in [0.3, 0.4) is 0 Å². The van der Waals surface area contributed by atoms with Gasteiger partial charge in [-0.05, 0) is 18.6 Å². The number of carbonyl (C=O) groups excluding carboxylic acids is 1. The lowest BCUT2D eigenvalue weighted by molar-refractivity contribution is -0.141. The fourth-order valence-corrected chi connectivity index (χ4v) is 2.35. The molecule has 110 valence electrons. The second-order valence-electron chi connectivity index (χ2n) is 4.91. The fourth-order valence-electron chi connectivity index (χ4n) is 2.35. The third-order valence-corrected chi connectivity index (χ3v) is 3.38. The lowest BCUT2D eigenvalue weighted by Gasteiger charge is -2.31. The van der Waals surface area contributed by atoms with Crippen LogP contribution in [-0.2, 0) is 16.0 Å². The van der Waals surface area contributed by atoms with Crippen LogP contribution in [-0.4, -0.2) is 47.7 Å². The Labute approximate surface area is 117 Å². The molecule has 2 rings (SSSR count). The van der Waals surface area contributed by atoms with Gasteiger partial charge in [-0.25, -0.2) is 0 Å². The number of amides is 1. The van der Waals surface area contributed by atoms with Crippen LogP contribution in [0.4, 0.5) is 0 Å². The zero-order valence-corrected chi connectivity index (χ0v) is 11.7. The van der Waals surface area contributed by atoms with E-state index < -0.39 is 12.1 Å². The molecule has 1 atom stereocenters. The van der Waals surface area contributed by atoms with E-state index in [0.29, 0.717) is 18.9 Å². The number of aliphatic carboxylic acids is 1. The molecular weight excluding hydrogens is 262 g/mol. The highest BCUT2D eigenvalue weighted by molar-refractivity contribution is 5.92. The summed E-state index contributed by atoms with van der Waals surface area (Å²) in [6.07, 6.45) is 0.192. The van der Waals surface area contributed by atoms with E-state index in [-0.39, 0.29) is 18.9 Å². The molecule has 1 saturated heterocycles. The van der Waals surface area contributed by atoms with Gasteiger partial charge in [0.1, 0.15) is 5.76 Å². The van der Waals surface area contributed by atoms with E-state index in [1.165, 1.54) is 0 Å². The number of carboxylic acids is 1. The first-order valence-corrected chi connectivity index (χ1v) is 6.73. The van der Waals surface area contributed by atoms with Crippen molar-refractivity contribution >= 4 is 11.9 Å². The van der Waals surface area contributed by atoms with Crippen LogP contribution in [0.15, 0.2) is 10.5 Å². The first-order chi connectivity index (χ1) is 9.51. The summed E-state index contributed by atoms with van der Waals surface area (Å²) in [6, 6.07) is 1.74. The van der Waals surface area contributed by atoms with E-state index >= 15 is 0 Å². The van der Waals surface area contributed by atoms with E-state index in [9.17, 15) is 9.59 Å². The number of hydrogen-bond donors (Lipinski definition) is 1. The molecule has 20 heavy (non-hydrogen) atoms. The summed E-state index contributed by atoms with van der Waals surface area (Å²) in [5, 5.41) is 8.78. The Morgan fingerprint density at radius 2 is 2.25 bits per heavy atom. The number of rotatable bonds is 4. The van der Waals surface area contributed by atoms with Crippen molar-refractivity contribution in [2.24, 2.45) is 0 Å². The minimum Gasteiger partial charge on any atom is -0.481 e. The van der Waals surface area contributed by atoms with Gasteiger partial charge < -0.3 is 19.2 Å². The number of ether oxygens (including phenoxy) is 1. The van der Waals surface area contributed by atoms with Gasteiger partial charge in [-0.15, -0.1) is 0 Å². The zero-order chi connectivity index (χ0) is 14.7. The highest BCUT2D eigenvalue weighted by Gasteiger charge is 2.28. The van der Waals surface area contributed by atoms with Gasteiger partial charge in [-0.2, -0.15) is 0 Å². The maximum Gasteiger partial charge on any atom is 0.306 e. The Kier molecular flexibility index (Phi) is 4.44. The lowest BCUT2D eigenvalue weighted by atomic mass is 10.2. The van der Waals surface area contributed by atoms with Crippen LogP contribution in [0.25, 0.3) is 0 Å². The quantitative estimate of drug-likeness (QED) is 0.904. The van der Waals surface area contributed by atoms with Crippen molar-refractivity contribution in [2.45, 2.75) is 32.8 Å². The van der Waals surface area contributed by atoms with Crippen molar-refractivity contribution < 1.29 is 23.8 Å². The molecule has 0 spiro atoms. The number of carboxylic acid groups (broad SMARTS) is 1. The topological polar surface area (TPSA) is 80.0 Å². The predicted octanol–water partition coefficient (Wildman–Crippen LogP) is 1.47. The molecule has 0 aliphatic carbocycles. The monoisotopic (exact) mass is 281 g/mol. The molecule has 6 nitrogen and oxygen atoms in total. The summed E-state index contributed by atoms with van der Waals surface area (Å²) in [4.78, 5) is 24.6. The first-order valence-electron chi connectivity index (χ1n) is 6.73. The van der Waals surface area contributed by atoms with Crippen molar-refractivity contribution in [1.82, 2.24) is 4.90 Å². The van der Waals surface area contributed by atoms with Crippen LogP contribution >= 0.6 is 0 Å². The summed E-state index contributed by atoms with van der Waals surface area (Å²) < 4.78 is 10.9. The van der Waals surface area contributed by atoms with Gasteiger partial charge >= 0.3 is 5.97 Å². The van der Waals surface area contributed by atoms with E-state index in [2.05, 4.69) is 0 Å². The Bertz CT molecular complexity index is 508. The number of nitrogens with zero attached hydrogens (tertiary/aromatic N) is 1. The molecule has 1 amide bonds. The molecule has 1 fully saturated rings. The number of furan rings is 1. The maximum atomic E-state index is 12.3. The van der Waals surface area contributed by atoms with Gasteiger partial charge in [0.05, 0.1) is 19.1 Å². The van der Waals surface area contributed by atoms with Crippen LogP contribution in [0.5, 0.6) is 0 Å². The van der Waals surface area contributed by atoms with Crippen molar-refractivity contribution in [3.63, 3.8) is 0 Å². The molecule has 1 unspecified atom stereocenters. The molecule has 0 bridgehead atoms. The van der Waals surface area contributed by atoms with Crippen LogP contribution in [0.1, 0.15) is 35.2 Å². The Hall–Kier alpha value is -1.82. The van der Waals surface area contributed by atoms with Gasteiger partial charge in [0.25, 0.3) is 5.91 Å². The van der Waals surface area contributed by atoms with E-state index in [1.54, 1.807) is 11.0 Å². The third kappa shape index (κ3) is 3.19. The van der Waals surface area contributed by atoms with Gasteiger partial charge in [0.2, 0.25) is 0 Å². The smallest absolute Gasteiger partial charge is 0.306 e. The molecule has 1 aliphatic heterocycles. The SMILES string of the molecule is CCc1oc(C(=O)N2CCOC(CC(=O)O)C2)cc1C. The molecule has 1 aromatic heterocycles. The normalized spacial score (nSPS) is 19.1. The average molecular weight is 281 g/mol. The average Bonchev–Trinajstić information content (AvgIpc) is 2.78. The van der Waals surface area contributed by atoms with E-state index in [0.717, 1.165) is 17.7 Å². The lowest BCUT2D eigenvalue weighted by Crippen LogP contribution is -2.46. The largest absolute Gasteiger partial charge is 0.481 e. The predicted molar refractivity (Wildman–Crippen MR) is 70.7 cm³/mol. The molecular formula is C14H19NO5. The summed E-state index contributed by atoms with van der Waals surface area (Å²) >= 11 is 0. The van der Waals surface area contributed by atoms with Crippen LogP contribution in [0.2, 0.25) is 0 Å². The van der Waals surface area contributed by atoms with Crippen LogP contribution < -0.4 is 0 Å². The molecule has 1 aromatic rings. The number of carbonyl (C=O) groups is 2. The Morgan fingerprint density at radius 1 is 1.50 bits per heavy atom. The second-order valence-corrected chi connectivity index (χ2v) is 4.91. The first kappa shape index (κ1) is 14.6. The number of hydrogen-bond acceptors (Lipinski definition) is 4. The molecule has 0 aromatic carbocycles. The standard InChI is InChI=1S/C14H19NO5/c1-3-11-9(2)6-12(20-11)14(18)15-4-5-19-10(8-15)7-13(16)17/h6,10H,3-5,7-8H2,1-2H3,(H,16,17). The number of aryl methyl sites for hydroxylation is 2. The second kappa shape index (κ2) is 6.09. The molecule has 2 heterocycles. The van der Waals surface area contributed by atoms with E-state index in [4.69, 9.17) is 14.3 Å². The van der Waals surface area contributed by atoms with E-state index in [1.807, 2.05) is 13.8 Å². The highest BCUT2D eigenvalue weighted by Crippen LogP contribution is 2.18. The van der Waals surface area contributed by atoms with Gasteiger partial charge in [0.15, 0.2) is 5.76 Å². The van der Waals surface area contributed by atoms with Gasteiger partial charge in [-0.3, -0.25) is 9.59 Å². The fraction of sp³-hybridized carbons (Fsp3) is 0.571. The minimum atomic E-state index is -0.925. The summed E-state index contributed by atoms with van der Waals surface area (Å²) in [6.45, 7) is 4.97. The molecule has 0 radical (unpaired) electrons. The third-order valence-electron chi connectivity index (χ3n) is 3.38. The van der Waals surface area contributed by atoms with Crippen molar-refractivity contribution in [3.8, 4) is 0 Å².